The Morgan fingerprint density at radius 2 is 1.80 bits per heavy atom. The summed E-state index contributed by atoms with van der Waals surface area (Å²) in [6, 6.07) is 3.42. The van der Waals surface area contributed by atoms with Crippen molar-refractivity contribution in [3.63, 3.8) is 0 Å². The van der Waals surface area contributed by atoms with Crippen molar-refractivity contribution in [1.29, 1.82) is 0 Å². The van der Waals surface area contributed by atoms with Gasteiger partial charge in [-0.05, 0) is 65.2 Å². The number of ketones is 1. The minimum Gasteiger partial charge on any atom is -0.465 e. The first-order chi connectivity index (χ1) is 11.5. The van der Waals surface area contributed by atoms with Gasteiger partial charge in [-0.3, -0.25) is 4.79 Å². The largest absolute Gasteiger partial charge is 0.465 e. The Hall–Kier alpha value is -1.88. The van der Waals surface area contributed by atoms with Crippen LogP contribution < -0.4 is 0 Å². The van der Waals surface area contributed by atoms with Crippen LogP contribution in [0.15, 0.2) is 28.4 Å². The second kappa shape index (κ2) is 7.16. The van der Waals surface area contributed by atoms with Crippen molar-refractivity contribution in [2.45, 2.75) is 71.9 Å². The first-order valence-electron chi connectivity index (χ1n) is 8.87. The quantitative estimate of drug-likeness (QED) is 0.449. The molecule has 0 radical (unpaired) electrons. The Kier molecular flexibility index (Phi) is 5.57. The van der Waals surface area contributed by atoms with E-state index in [-0.39, 0.29) is 28.4 Å². The first-order valence-corrected chi connectivity index (χ1v) is 8.87. The zero-order valence-electron chi connectivity index (χ0n) is 16.1. The Morgan fingerprint density at radius 3 is 2.28 bits per heavy atom. The number of hydrogen-bond acceptors (Lipinski definition) is 5. The van der Waals surface area contributed by atoms with Gasteiger partial charge in [-0.1, -0.05) is 13.8 Å². The number of nitrogens with zero attached hydrogens (tertiary/aromatic N) is 1. The van der Waals surface area contributed by atoms with Gasteiger partial charge in [0.15, 0.2) is 5.78 Å². The molecular weight excluding hydrogens is 318 g/mol. The second-order valence-electron chi connectivity index (χ2n) is 8.24. The van der Waals surface area contributed by atoms with Crippen molar-refractivity contribution in [2.24, 2.45) is 5.92 Å². The third kappa shape index (κ3) is 4.40. The third-order valence-corrected chi connectivity index (χ3v) is 4.69. The third-order valence-electron chi connectivity index (χ3n) is 4.69. The van der Waals surface area contributed by atoms with Gasteiger partial charge in [-0.25, -0.2) is 4.79 Å². The van der Waals surface area contributed by atoms with E-state index in [0.29, 0.717) is 5.76 Å². The fraction of sp³-hybridized carbons (Fsp3) is 0.600. The van der Waals surface area contributed by atoms with Crippen molar-refractivity contribution < 1.29 is 18.8 Å². The molecule has 1 aromatic rings. The van der Waals surface area contributed by atoms with Gasteiger partial charge in [0.1, 0.15) is 11.3 Å². The second-order valence-corrected chi connectivity index (χ2v) is 8.24. The SMILES string of the molecule is CC(C)C(=O)/C(=C\c1ccco1)C(=O)ON1C(C)(C)CCCC1(C)C. The molecule has 1 fully saturated rings. The van der Waals surface area contributed by atoms with Crippen LogP contribution in [0.1, 0.15) is 66.6 Å². The van der Waals surface area contributed by atoms with E-state index in [1.807, 2.05) is 0 Å². The average Bonchev–Trinajstić information content (AvgIpc) is 3.00. The molecule has 25 heavy (non-hydrogen) atoms. The normalized spacial score (nSPS) is 20.5. The highest BCUT2D eigenvalue weighted by atomic mass is 16.7. The maximum absolute atomic E-state index is 12.9. The molecule has 0 atom stereocenters. The number of carbonyl (C=O) groups excluding carboxylic acids is 2. The van der Waals surface area contributed by atoms with Crippen LogP contribution in [-0.2, 0) is 14.4 Å². The molecule has 5 nitrogen and oxygen atoms in total. The number of hydrogen-bond donors (Lipinski definition) is 0. The summed E-state index contributed by atoms with van der Waals surface area (Å²) in [6.07, 6.45) is 5.91. The summed E-state index contributed by atoms with van der Waals surface area (Å²) in [4.78, 5) is 31.2. The molecule has 0 unspecified atom stereocenters. The minimum atomic E-state index is -0.627. The maximum atomic E-state index is 12.9. The molecule has 0 aromatic carbocycles. The van der Waals surface area contributed by atoms with Crippen LogP contribution in [0.4, 0.5) is 0 Å². The number of rotatable bonds is 5. The number of furan rings is 1. The molecule has 2 rings (SSSR count). The van der Waals surface area contributed by atoms with Gasteiger partial charge in [-0.15, -0.1) is 5.06 Å². The molecule has 1 aliphatic heterocycles. The number of Topliss-reactive ketones (excluding diaryl/α,β-unsaturated/α-hetero) is 1. The number of carbonyl (C=O) groups is 2. The summed E-state index contributed by atoms with van der Waals surface area (Å²) in [5.41, 5.74) is -0.551. The lowest BCUT2D eigenvalue weighted by Gasteiger charge is -2.50. The maximum Gasteiger partial charge on any atom is 0.360 e. The predicted molar refractivity (Wildman–Crippen MR) is 96.5 cm³/mol. The van der Waals surface area contributed by atoms with E-state index in [1.54, 1.807) is 31.0 Å². The smallest absolute Gasteiger partial charge is 0.360 e. The van der Waals surface area contributed by atoms with E-state index in [1.165, 1.54) is 12.3 Å². The molecular formula is C20H29NO4. The molecule has 0 bridgehead atoms. The summed E-state index contributed by atoms with van der Waals surface area (Å²) in [7, 11) is 0. The Morgan fingerprint density at radius 1 is 1.20 bits per heavy atom. The summed E-state index contributed by atoms with van der Waals surface area (Å²) in [5, 5.41) is 1.76. The van der Waals surface area contributed by atoms with Gasteiger partial charge in [0.05, 0.1) is 17.3 Å². The van der Waals surface area contributed by atoms with E-state index in [4.69, 9.17) is 9.25 Å². The van der Waals surface area contributed by atoms with Crippen LogP contribution in [0.2, 0.25) is 0 Å². The first kappa shape index (κ1) is 19.4. The molecule has 0 N–H and O–H groups in total. The minimum absolute atomic E-state index is 0.0159. The molecule has 0 spiro atoms. The van der Waals surface area contributed by atoms with Crippen LogP contribution >= 0.6 is 0 Å². The van der Waals surface area contributed by atoms with Crippen molar-refractivity contribution >= 4 is 17.8 Å². The van der Waals surface area contributed by atoms with Gasteiger partial charge < -0.3 is 9.25 Å². The van der Waals surface area contributed by atoms with Gasteiger partial charge in [-0.2, -0.15) is 0 Å². The summed E-state index contributed by atoms with van der Waals surface area (Å²) >= 11 is 0. The lowest BCUT2D eigenvalue weighted by atomic mass is 9.82. The number of hydroxylamine groups is 2. The fourth-order valence-electron chi connectivity index (χ4n) is 3.41. The zero-order valence-corrected chi connectivity index (χ0v) is 16.1. The van der Waals surface area contributed by atoms with Gasteiger partial charge in [0.25, 0.3) is 0 Å². The summed E-state index contributed by atoms with van der Waals surface area (Å²) in [6.45, 7) is 11.8. The van der Waals surface area contributed by atoms with E-state index in [2.05, 4.69) is 27.7 Å². The molecule has 138 valence electrons. The van der Waals surface area contributed by atoms with Crippen LogP contribution in [0.5, 0.6) is 0 Å². The summed E-state index contributed by atoms with van der Waals surface area (Å²) < 4.78 is 5.27. The molecule has 1 aromatic heterocycles. The predicted octanol–water partition coefficient (Wildman–Crippen LogP) is 4.39. The van der Waals surface area contributed by atoms with Crippen LogP contribution in [-0.4, -0.2) is 27.9 Å². The highest BCUT2D eigenvalue weighted by Gasteiger charge is 2.45. The Labute approximate surface area is 150 Å². The fourth-order valence-corrected chi connectivity index (χ4v) is 3.41. The monoisotopic (exact) mass is 347 g/mol. The van der Waals surface area contributed by atoms with E-state index in [0.717, 1.165) is 19.3 Å². The van der Waals surface area contributed by atoms with Gasteiger partial charge >= 0.3 is 5.97 Å². The molecule has 0 saturated carbocycles. The standard InChI is InChI=1S/C20H29NO4/c1-14(2)17(22)16(13-15-9-7-12-24-15)18(23)25-21-19(3,4)10-8-11-20(21,5)6/h7,9,12-14H,8,10-11H2,1-6H3/b16-13+. The van der Waals surface area contributed by atoms with Crippen molar-refractivity contribution in [3.05, 3.63) is 29.7 Å². The molecule has 0 aliphatic carbocycles. The lowest BCUT2D eigenvalue weighted by molar-refractivity contribution is -0.262. The van der Waals surface area contributed by atoms with Crippen LogP contribution in [0, 0.1) is 5.92 Å². The van der Waals surface area contributed by atoms with E-state index >= 15 is 0 Å². The Bertz CT molecular complexity index is 637. The van der Waals surface area contributed by atoms with E-state index in [9.17, 15) is 9.59 Å². The van der Waals surface area contributed by atoms with Crippen molar-refractivity contribution in [2.75, 3.05) is 0 Å². The summed E-state index contributed by atoms with van der Waals surface area (Å²) in [5.74, 6) is -0.735. The lowest BCUT2D eigenvalue weighted by Crippen LogP contribution is -2.59. The Balaban J connectivity index is 2.32. The van der Waals surface area contributed by atoms with Gasteiger partial charge in [0, 0.05) is 5.92 Å². The molecule has 1 saturated heterocycles. The highest BCUT2D eigenvalue weighted by molar-refractivity contribution is 6.21. The topological polar surface area (TPSA) is 59.8 Å². The van der Waals surface area contributed by atoms with Crippen LogP contribution in [0.25, 0.3) is 6.08 Å². The highest BCUT2D eigenvalue weighted by Crippen LogP contribution is 2.38. The van der Waals surface area contributed by atoms with Gasteiger partial charge in [0.2, 0.25) is 0 Å². The van der Waals surface area contributed by atoms with Crippen molar-refractivity contribution in [3.8, 4) is 0 Å². The van der Waals surface area contributed by atoms with Crippen LogP contribution in [0.3, 0.4) is 0 Å². The average molecular weight is 347 g/mol. The molecule has 5 heteroatoms. The zero-order chi connectivity index (χ0) is 18.8. The molecule has 1 aliphatic rings. The van der Waals surface area contributed by atoms with Crippen molar-refractivity contribution in [1.82, 2.24) is 5.06 Å². The van der Waals surface area contributed by atoms with E-state index < -0.39 is 5.97 Å². The molecule has 0 amide bonds. The molecule has 2 heterocycles. The number of piperidine rings is 1.